The first-order valence-electron chi connectivity index (χ1n) is 7.67. The summed E-state index contributed by atoms with van der Waals surface area (Å²) in [7, 11) is 0. The highest BCUT2D eigenvalue weighted by Crippen LogP contribution is 2.26. The summed E-state index contributed by atoms with van der Waals surface area (Å²) in [6.07, 6.45) is 3.24. The van der Waals surface area contributed by atoms with E-state index in [-0.39, 0.29) is 0 Å². The number of hydrogen-bond acceptors (Lipinski definition) is 4. The Morgan fingerprint density at radius 2 is 2.14 bits per heavy atom. The van der Waals surface area contributed by atoms with E-state index in [0.29, 0.717) is 5.56 Å². The fourth-order valence-electron chi connectivity index (χ4n) is 2.77. The van der Waals surface area contributed by atoms with Crippen LogP contribution in [0.15, 0.2) is 24.3 Å². The zero-order chi connectivity index (χ0) is 15.5. The number of aryl methyl sites for hydroxylation is 1. The summed E-state index contributed by atoms with van der Waals surface area (Å²) in [5.74, 6) is -0.873. The molecular weight excluding hydrogens is 296 g/mol. The molecule has 1 N–H and O–H groups in total. The number of benzene rings is 1. The molecule has 0 aliphatic carbocycles. The molecule has 1 aromatic carbocycles. The van der Waals surface area contributed by atoms with Crippen LogP contribution in [0.2, 0.25) is 0 Å². The van der Waals surface area contributed by atoms with Crippen molar-refractivity contribution in [1.82, 2.24) is 9.88 Å². The second-order valence-electron chi connectivity index (χ2n) is 5.69. The topological polar surface area (TPSA) is 53.4 Å². The third-order valence-electron chi connectivity index (χ3n) is 3.93. The summed E-state index contributed by atoms with van der Waals surface area (Å²) in [6, 6.07) is 7.18. The first kappa shape index (κ1) is 15.2. The standard InChI is InChI=1S/C17H20N2O2S/c1-2-3-16-18-14-8-9-19(11-15(14)22-16)10-12-4-6-13(7-5-12)17(20)21/h4-7H,2-3,8-11H2,1H3,(H,20,21). The van der Waals surface area contributed by atoms with E-state index in [1.807, 2.05) is 23.5 Å². The first-order chi connectivity index (χ1) is 10.7. The third-order valence-corrected chi connectivity index (χ3v) is 5.07. The SMILES string of the molecule is CCCc1nc2c(s1)CN(Cc1ccc(C(=O)O)cc1)CC2. The highest BCUT2D eigenvalue weighted by Gasteiger charge is 2.20. The molecule has 22 heavy (non-hydrogen) atoms. The fourth-order valence-corrected chi connectivity index (χ4v) is 4.03. The van der Waals surface area contributed by atoms with Gasteiger partial charge in [0.05, 0.1) is 16.3 Å². The third kappa shape index (κ3) is 3.36. The minimum Gasteiger partial charge on any atom is -0.478 e. The smallest absolute Gasteiger partial charge is 0.335 e. The molecule has 2 aromatic rings. The Morgan fingerprint density at radius 1 is 1.36 bits per heavy atom. The van der Waals surface area contributed by atoms with E-state index in [1.54, 1.807) is 12.1 Å². The molecule has 4 nitrogen and oxygen atoms in total. The number of aromatic carboxylic acids is 1. The van der Waals surface area contributed by atoms with Gasteiger partial charge in [0.2, 0.25) is 0 Å². The van der Waals surface area contributed by atoms with Crippen LogP contribution in [-0.2, 0) is 25.9 Å². The molecule has 0 atom stereocenters. The summed E-state index contributed by atoms with van der Waals surface area (Å²) in [5.41, 5.74) is 2.79. The summed E-state index contributed by atoms with van der Waals surface area (Å²) in [6.45, 7) is 5.02. The molecular formula is C17H20N2O2S. The van der Waals surface area contributed by atoms with Crippen molar-refractivity contribution in [3.8, 4) is 0 Å². The summed E-state index contributed by atoms with van der Waals surface area (Å²) < 4.78 is 0. The van der Waals surface area contributed by atoms with Gasteiger partial charge in [0.15, 0.2) is 0 Å². The molecule has 2 heterocycles. The maximum Gasteiger partial charge on any atom is 0.335 e. The van der Waals surface area contributed by atoms with Gasteiger partial charge in [-0.05, 0) is 30.5 Å². The highest BCUT2D eigenvalue weighted by molar-refractivity contribution is 7.11. The average Bonchev–Trinajstić information content (AvgIpc) is 2.90. The molecule has 3 rings (SSSR count). The lowest BCUT2D eigenvalue weighted by Crippen LogP contribution is -2.29. The van der Waals surface area contributed by atoms with Crippen LogP contribution in [0, 0.1) is 0 Å². The monoisotopic (exact) mass is 316 g/mol. The van der Waals surface area contributed by atoms with Crippen LogP contribution in [0.3, 0.4) is 0 Å². The zero-order valence-corrected chi connectivity index (χ0v) is 13.5. The Bertz CT molecular complexity index is 664. The lowest BCUT2D eigenvalue weighted by Gasteiger charge is -2.25. The van der Waals surface area contributed by atoms with Crippen LogP contribution in [0.5, 0.6) is 0 Å². The van der Waals surface area contributed by atoms with E-state index in [1.165, 1.54) is 15.6 Å². The molecule has 1 aromatic heterocycles. The molecule has 116 valence electrons. The van der Waals surface area contributed by atoms with E-state index in [0.717, 1.165) is 44.5 Å². The first-order valence-corrected chi connectivity index (χ1v) is 8.49. The minimum atomic E-state index is -0.873. The zero-order valence-electron chi connectivity index (χ0n) is 12.7. The number of aromatic nitrogens is 1. The van der Waals surface area contributed by atoms with Gasteiger partial charge in [0.25, 0.3) is 0 Å². The van der Waals surface area contributed by atoms with Crippen LogP contribution in [0.25, 0.3) is 0 Å². The van der Waals surface area contributed by atoms with Crippen LogP contribution < -0.4 is 0 Å². The maximum atomic E-state index is 10.9. The Labute approximate surface area is 134 Å². The van der Waals surface area contributed by atoms with Gasteiger partial charge in [-0.1, -0.05) is 19.1 Å². The van der Waals surface area contributed by atoms with Crippen molar-refractivity contribution in [2.24, 2.45) is 0 Å². The molecule has 0 spiro atoms. The van der Waals surface area contributed by atoms with Crippen molar-refractivity contribution in [1.29, 1.82) is 0 Å². The van der Waals surface area contributed by atoms with Crippen molar-refractivity contribution in [2.75, 3.05) is 6.54 Å². The lowest BCUT2D eigenvalue weighted by molar-refractivity contribution is 0.0697. The second kappa shape index (κ2) is 6.58. The van der Waals surface area contributed by atoms with Gasteiger partial charge in [-0.25, -0.2) is 9.78 Å². The maximum absolute atomic E-state index is 10.9. The molecule has 0 saturated carbocycles. The normalized spacial score (nSPS) is 14.8. The lowest BCUT2D eigenvalue weighted by atomic mass is 10.1. The van der Waals surface area contributed by atoms with E-state index in [9.17, 15) is 4.79 Å². The molecule has 1 aliphatic rings. The van der Waals surface area contributed by atoms with Crippen molar-refractivity contribution in [3.05, 3.63) is 51.0 Å². The van der Waals surface area contributed by atoms with E-state index < -0.39 is 5.97 Å². The summed E-state index contributed by atoms with van der Waals surface area (Å²) in [4.78, 5) is 19.4. The molecule has 1 aliphatic heterocycles. The number of carboxylic acids is 1. The molecule has 0 radical (unpaired) electrons. The van der Waals surface area contributed by atoms with Gasteiger partial charge in [0.1, 0.15) is 0 Å². The number of thiazole rings is 1. The van der Waals surface area contributed by atoms with Crippen molar-refractivity contribution >= 4 is 17.3 Å². The van der Waals surface area contributed by atoms with E-state index >= 15 is 0 Å². The number of fused-ring (bicyclic) bond motifs is 1. The van der Waals surface area contributed by atoms with Crippen LogP contribution in [0.1, 0.15) is 44.8 Å². The predicted molar refractivity (Wildman–Crippen MR) is 87.3 cm³/mol. The molecule has 0 unspecified atom stereocenters. The quantitative estimate of drug-likeness (QED) is 0.919. The molecule has 0 fully saturated rings. The van der Waals surface area contributed by atoms with Gasteiger partial charge in [0, 0.05) is 30.9 Å². The minimum absolute atomic E-state index is 0.344. The van der Waals surface area contributed by atoms with Crippen molar-refractivity contribution < 1.29 is 9.90 Å². The highest BCUT2D eigenvalue weighted by atomic mass is 32.1. The van der Waals surface area contributed by atoms with Crippen molar-refractivity contribution in [3.63, 3.8) is 0 Å². The number of rotatable bonds is 5. The van der Waals surface area contributed by atoms with E-state index in [4.69, 9.17) is 10.1 Å². The number of carbonyl (C=O) groups is 1. The van der Waals surface area contributed by atoms with Crippen LogP contribution >= 0.6 is 11.3 Å². The van der Waals surface area contributed by atoms with Gasteiger partial charge < -0.3 is 5.11 Å². The predicted octanol–water partition coefficient (Wildman–Crippen LogP) is 3.35. The molecule has 0 bridgehead atoms. The fraction of sp³-hybridized carbons (Fsp3) is 0.412. The van der Waals surface area contributed by atoms with Crippen LogP contribution in [0.4, 0.5) is 0 Å². The number of hydrogen-bond donors (Lipinski definition) is 1. The molecule has 5 heteroatoms. The average molecular weight is 316 g/mol. The Balaban J connectivity index is 1.65. The Morgan fingerprint density at radius 3 is 2.82 bits per heavy atom. The number of nitrogens with zero attached hydrogens (tertiary/aromatic N) is 2. The number of carboxylic acid groups (broad SMARTS) is 1. The van der Waals surface area contributed by atoms with Gasteiger partial charge in [-0.2, -0.15) is 0 Å². The Kier molecular flexibility index (Phi) is 4.55. The Hall–Kier alpha value is -1.72. The molecule has 0 saturated heterocycles. The summed E-state index contributed by atoms with van der Waals surface area (Å²) in [5, 5.41) is 10.2. The van der Waals surface area contributed by atoms with Crippen LogP contribution in [-0.4, -0.2) is 27.5 Å². The van der Waals surface area contributed by atoms with Gasteiger partial charge in [-0.15, -0.1) is 11.3 Å². The van der Waals surface area contributed by atoms with Gasteiger partial charge in [-0.3, -0.25) is 4.90 Å². The second-order valence-corrected chi connectivity index (χ2v) is 6.86. The van der Waals surface area contributed by atoms with Gasteiger partial charge >= 0.3 is 5.97 Å². The van der Waals surface area contributed by atoms with E-state index in [2.05, 4.69) is 11.8 Å². The largest absolute Gasteiger partial charge is 0.478 e. The summed E-state index contributed by atoms with van der Waals surface area (Å²) >= 11 is 1.85. The van der Waals surface area contributed by atoms with Crippen molar-refractivity contribution in [2.45, 2.75) is 39.3 Å². The molecule has 0 amide bonds.